The monoisotopic (exact) mass is 424 g/mol. The molecule has 1 aromatic rings. The number of urea groups is 1. The lowest BCUT2D eigenvalue weighted by Gasteiger charge is -2.34. The Morgan fingerprint density at radius 1 is 1.03 bits per heavy atom. The van der Waals surface area contributed by atoms with Crippen molar-refractivity contribution in [1.82, 2.24) is 19.1 Å². The van der Waals surface area contributed by atoms with Crippen LogP contribution in [0.2, 0.25) is 0 Å². The van der Waals surface area contributed by atoms with Gasteiger partial charge in [0.25, 0.3) is 0 Å². The molecule has 0 atom stereocenters. The zero-order valence-electron chi connectivity index (χ0n) is 17.5. The van der Waals surface area contributed by atoms with Crippen molar-refractivity contribution in [1.29, 1.82) is 0 Å². The topological polar surface area (TPSA) is 89.1 Å². The smallest absolute Gasteiger partial charge is 0.321 e. The Kier molecular flexibility index (Phi) is 6.97. The molecule has 2 saturated heterocycles. The first-order chi connectivity index (χ1) is 13.7. The summed E-state index contributed by atoms with van der Waals surface area (Å²) in [6.45, 7) is 9.88. The summed E-state index contributed by atoms with van der Waals surface area (Å²) in [5.41, 5.74) is 0.665. The van der Waals surface area contributed by atoms with E-state index in [1.54, 1.807) is 6.20 Å². The molecule has 0 aliphatic carbocycles. The molecule has 2 fully saturated rings. The van der Waals surface area contributed by atoms with Crippen molar-refractivity contribution in [2.45, 2.75) is 26.3 Å². The Bertz CT molecular complexity index is 791. The minimum Gasteiger partial charge on any atom is -0.354 e. The maximum absolute atomic E-state index is 12.6. The number of carbonyl (C=O) groups is 1. The Hall–Kier alpha value is -1.91. The molecule has 2 aliphatic heterocycles. The Morgan fingerprint density at radius 3 is 2.34 bits per heavy atom. The highest BCUT2D eigenvalue weighted by Gasteiger charge is 2.24. The van der Waals surface area contributed by atoms with Gasteiger partial charge in [-0.1, -0.05) is 0 Å². The zero-order valence-corrected chi connectivity index (χ0v) is 18.4. The summed E-state index contributed by atoms with van der Waals surface area (Å²) in [7, 11) is -3.14. The minimum atomic E-state index is -3.14. The average Bonchev–Trinajstić information content (AvgIpc) is 2.94. The van der Waals surface area contributed by atoms with Crippen LogP contribution in [0, 0.1) is 0 Å². The molecule has 2 amide bonds. The molecule has 1 N–H and O–H groups in total. The van der Waals surface area contributed by atoms with E-state index in [4.69, 9.17) is 0 Å². The number of aromatic nitrogens is 1. The van der Waals surface area contributed by atoms with E-state index in [-0.39, 0.29) is 6.03 Å². The van der Waals surface area contributed by atoms with E-state index in [1.165, 1.54) is 10.6 Å². The largest absolute Gasteiger partial charge is 0.354 e. The molecule has 162 valence electrons. The standard InChI is InChI=1S/C19H32N6O3S/c1-16(2)22-7-4-8-24(10-9-22)19(26)21-17-5-6-18(20-15-17)23-11-13-25(14-12-23)29(3,27)28/h5-6,15-16H,4,7-14H2,1-3H3,(H,21,26). The van der Waals surface area contributed by atoms with E-state index in [9.17, 15) is 13.2 Å². The van der Waals surface area contributed by atoms with Crippen molar-refractivity contribution in [2.75, 3.05) is 68.8 Å². The first-order valence-corrected chi connectivity index (χ1v) is 12.0. The number of rotatable bonds is 4. The second-order valence-electron chi connectivity index (χ2n) is 7.95. The number of piperazine rings is 1. The maximum atomic E-state index is 12.6. The van der Waals surface area contributed by atoms with E-state index in [0.29, 0.717) is 37.9 Å². The fourth-order valence-electron chi connectivity index (χ4n) is 3.76. The molecular formula is C19H32N6O3S. The van der Waals surface area contributed by atoms with Crippen molar-refractivity contribution >= 4 is 27.6 Å². The average molecular weight is 425 g/mol. The van der Waals surface area contributed by atoms with Crippen LogP contribution >= 0.6 is 0 Å². The van der Waals surface area contributed by atoms with Gasteiger partial charge in [-0.05, 0) is 32.4 Å². The van der Waals surface area contributed by atoms with Crippen LogP contribution in [-0.2, 0) is 10.0 Å². The molecule has 10 heteroatoms. The lowest BCUT2D eigenvalue weighted by Crippen LogP contribution is -2.48. The van der Waals surface area contributed by atoms with Crippen molar-refractivity contribution in [3.8, 4) is 0 Å². The number of nitrogens with zero attached hydrogens (tertiary/aromatic N) is 5. The quantitative estimate of drug-likeness (QED) is 0.779. The lowest BCUT2D eigenvalue weighted by molar-refractivity contribution is 0.205. The van der Waals surface area contributed by atoms with Crippen LogP contribution in [-0.4, -0.2) is 98.2 Å². The first-order valence-electron chi connectivity index (χ1n) is 10.2. The number of pyridine rings is 1. The van der Waals surface area contributed by atoms with Gasteiger partial charge in [0, 0.05) is 58.4 Å². The third kappa shape index (κ3) is 5.80. The number of sulfonamides is 1. The van der Waals surface area contributed by atoms with E-state index in [0.717, 1.165) is 38.4 Å². The predicted octanol–water partition coefficient (Wildman–Crippen LogP) is 1.11. The van der Waals surface area contributed by atoms with E-state index >= 15 is 0 Å². The van der Waals surface area contributed by atoms with Crippen molar-refractivity contribution in [3.63, 3.8) is 0 Å². The number of hydrogen-bond donors (Lipinski definition) is 1. The normalized spacial score (nSPS) is 20.0. The number of hydrogen-bond acceptors (Lipinski definition) is 6. The summed E-state index contributed by atoms with van der Waals surface area (Å²) in [5.74, 6) is 0.790. The van der Waals surface area contributed by atoms with Crippen molar-refractivity contribution < 1.29 is 13.2 Å². The van der Waals surface area contributed by atoms with Crippen LogP contribution < -0.4 is 10.2 Å². The minimum absolute atomic E-state index is 0.0908. The van der Waals surface area contributed by atoms with Gasteiger partial charge in [-0.3, -0.25) is 4.90 Å². The van der Waals surface area contributed by atoms with Crippen molar-refractivity contribution in [3.05, 3.63) is 18.3 Å². The third-order valence-corrected chi connectivity index (χ3v) is 6.88. The molecule has 0 spiro atoms. The molecule has 0 bridgehead atoms. The zero-order chi connectivity index (χ0) is 21.0. The number of anilines is 2. The molecule has 0 radical (unpaired) electrons. The highest BCUT2D eigenvalue weighted by Crippen LogP contribution is 2.18. The summed E-state index contributed by atoms with van der Waals surface area (Å²) < 4.78 is 24.7. The fourth-order valence-corrected chi connectivity index (χ4v) is 4.58. The molecule has 1 aromatic heterocycles. The molecule has 0 unspecified atom stereocenters. The molecule has 0 saturated carbocycles. The van der Waals surface area contributed by atoms with Gasteiger partial charge in [-0.25, -0.2) is 18.2 Å². The van der Waals surface area contributed by atoms with Gasteiger partial charge in [-0.15, -0.1) is 0 Å². The molecule has 29 heavy (non-hydrogen) atoms. The molecule has 9 nitrogen and oxygen atoms in total. The van der Waals surface area contributed by atoms with E-state index in [2.05, 4.69) is 33.9 Å². The van der Waals surface area contributed by atoms with Gasteiger partial charge in [-0.2, -0.15) is 4.31 Å². The maximum Gasteiger partial charge on any atom is 0.321 e. The summed E-state index contributed by atoms with van der Waals surface area (Å²) in [5, 5.41) is 2.94. The lowest BCUT2D eigenvalue weighted by atomic mass is 10.3. The third-order valence-electron chi connectivity index (χ3n) is 5.58. The summed E-state index contributed by atoms with van der Waals surface area (Å²) >= 11 is 0. The summed E-state index contributed by atoms with van der Waals surface area (Å²) in [6, 6.07) is 4.12. The molecule has 0 aromatic carbocycles. The van der Waals surface area contributed by atoms with Gasteiger partial charge < -0.3 is 15.1 Å². The van der Waals surface area contributed by atoms with Crippen LogP contribution in [0.25, 0.3) is 0 Å². The van der Waals surface area contributed by atoms with Gasteiger partial charge in [0.1, 0.15) is 5.82 Å². The van der Waals surface area contributed by atoms with Crippen LogP contribution in [0.5, 0.6) is 0 Å². The highest BCUT2D eigenvalue weighted by molar-refractivity contribution is 7.88. The Balaban J connectivity index is 1.52. The first kappa shape index (κ1) is 21.8. The predicted molar refractivity (Wildman–Crippen MR) is 115 cm³/mol. The molecule has 2 aliphatic rings. The van der Waals surface area contributed by atoms with Crippen LogP contribution in [0.4, 0.5) is 16.3 Å². The van der Waals surface area contributed by atoms with Crippen LogP contribution in [0.1, 0.15) is 20.3 Å². The number of amides is 2. The van der Waals surface area contributed by atoms with Gasteiger partial charge in [0.15, 0.2) is 0 Å². The summed E-state index contributed by atoms with van der Waals surface area (Å²) in [4.78, 5) is 23.4. The second kappa shape index (κ2) is 9.27. The second-order valence-corrected chi connectivity index (χ2v) is 9.94. The Morgan fingerprint density at radius 2 is 1.76 bits per heavy atom. The number of carbonyl (C=O) groups excluding carboxylic acids is 1. The van der Waals surface area contributed by atoms with Crippen molar-refractivity contribution in [2.24, 2.45) is 0 Å². The SMILES string of the molecule is CC(C)N1CCCN(C(=O)Nc2ccc(N3CCN(S(C)(=O)=O)CC3)nc2)CC1. The summed E-state index contributed by atoms with van der Waals surface area (Å²) in [6.07, 6.45) is 3.87. The fraction of sp³-hybridized carbons (Fsp3) is 0.684. The van der Waals surface area contributed by atoms with Crippen LogP contribution in [0.15, 0.2) is 18.3 Å². The van der Waals surface area contributed by atoms with Gasteiger partial charge in [0.05, 0.1) is 18.1 Å². The molecule has 3 heterocycles. The van der Waals surface area contributed by atoms with Crippen LogP contribution in [0.3, 0.4) is 0 Å². The van der Waals surface area contributed by atoms with E-state index < -0.39 is 10.0 Å². The Labute approximate surface area is 173 Å². The van der Waals surface area contributed by atoms with E-state index in [1.807, 2.05) is 17.0 Å². The molecule has 3 rings (SSSR count). The number of nitrogens with one attached hydrogen (secondary N) is 1. The van der Waals surface area contributed by atoms with Gasteiger partial charge >= 0.3 is 6.03 Å². The molecular weight excluding hydrogens is 392 g/mol. The highest BCUT2D eigenvalue weighted by atomic mass is 32.2. The van der Waals surface area contributed by atoms with Gasteiger partial charge in [0.2, 0.25) is 10.0 Å².